The molecule has 0 radical (unpaired) electrons. The summed E-state index contributed by atoms with van der Waals surface area (Å²) in [7, 11) is -3.92. The second-order valence-electron chi connectivity index (χ2n) is 11.2. The lowest BCUT2D eigenvalue weighted by Gasteiger charge is -2.45. The van der Waals surface area contributed by atoms with Gasteiger partial charge in [0.25, 0.3) is 0 Å². The molecule has 218 valence electrons. The number of nitrogens with zero attached hydrogens (tertiary/aromatic N) is 4. The zero-order valence-corrected chi connectivity index (χ0v) is 24.6. The molecule has 10 heteroatoms. The number of carbonyl (C=O) groups excluding carboxylic acids is 1. The third-order valence-corrected chi connectivity index (χ3v) is 9.93. The molecule has 2 aliphatic heterocycles. The molecule has 1 amide bonds. The lowest BCUT2D eigenvalue weighted by molar-refractivity contribution is -0.132. The Balaban J connectivity index is 1.35. The number of ether oxygens (including phenoxy) is 1. The highest BCUT2D eigenvalue weighted by molar-refractivity contribution is 7.89. The molecule has 0 bridgehead atoms. The third-order valence-electron chi connectivity index (χ3n) is 7.96. The van der Waals surface area contributed by atoms with Crippen molar-refractivity contribution in [2.24, 2.45) is 0 Å². The molecule has 1 N–H and O–H groups in total. The first-order valence-electron chi connectivity index (χ1n) is 14.1. The van der Waals surface area contributed by atoms with E-state index in [1.54, 1.807) is 63.4 Å². The van der Waals surface area contributed by atoms with Crippen LogP contribution >= 0.6 is 0 Å². The van der Waals surface area contributed by atoms with Crippen molar-refractivity contribution in [1.82, 2.24) is 19.1 Å². The number of fused-ring (bicyclic) bond motifs is 1. The normalized spacial score (nSPS) is 20.9. The summed E-state index contributed by atoms with van der Waals surface area (Å²) in [6.07, 6.45) is 2.68. The molecule has 0 spiro atoms. The van der Waals surface area contributed by atoms with Gasteiger partial charge in [-0.1, -0.05) is 37.3 Å². The molecule has 1 aromatic heterocycles. The second-order valence-corrected chi connectivity index (χ2v) is 13.1. The van der Waals surface area contributed by atoms with Crippen LogP contribution in [-0.4, -0.2) is 82.9 Å². The van der Waals surface area contributed by atoms with Crippen molar-refractivity contribution in [2.75, 3.05) is 32.7 Å². The van der Waals surface area contributed by atoms with Gasteiger partial charge in [-0.2, -0.15) is 4.31 Å². The Morgan fingerprint density at radius 2 is 1.78 bits per heavy atom. The number of aliphatic hydroxyl groups excluding tert-OH is 1. The largest absolute Gasteiger partial charge is 0.485 e. The van der Waals surface area contributed by atoms with Crippen molar-refractivity contribution in [1.29, 1.82) is 0 Å². The Labute approximate surface area is 242 Å². The van der Waals surface area contributed by atoms with E-state index in [0.717, 1.165) is 30.8 Å². The van der Waals surface area contributed by atoms with Gasteiger partial charge in [-0.15, -0.1) is 0 Å². The number of benzene rings is 2. The molecule has 2 atom stereocenters. The highest BCUT2D eigenvalue weighted by Gasteiger charge is 2.48. The summed E-state index contributed by atoms with van der Waals surface area (Å²) in [4.78, 5) is 21.8. The van der Waals surface area contributed by atoms with Crippen LogP contribution in [0, 0.1) is 0 Å². The number of piperazine rings is 1. The Morgan fingerprint density at radius 3 is 2.44 bits per heavy atom. The fourth-order valence-electron chi connectivity index (χ4n) is 5.67. The van der Waals surface area contributed by atoms with Crippen LogP contribution in [0.5, 0.6) is 5.75 Å². The first-order chi connectivity index (χ1) is 19.6. The number of rotatable bonds is 8. The summed E-state index contributed by atoms with van der Waals surface area (Å²) in [5, 5.41) is 11.4. The average molecular weight is 579 g/mol. The van der Waals surface area contributed by atoms with E-state index in [-0.39, 0.29) is 23.8 Å². The monoisotopic (exact) mass is 578 g/mol. The van der Waals surface area contributed by atoms with Crippen molar-refractivity contribution in [3.05, 3.63) is 89.7 Å². The first-order valence-corrected chi connectivity index (χ1v) is 15.5. The van der Waals surface area contributed by atoms with E-state index >= 15 is 0 Å². The molecule has 3 aromatic rings. The molecule has 1 saturated heterocycles. The lowest BCUT2D eigenvalue weighted by Crippen LogP contribution is -2.54. The van der Waals surface area contributed by atoms with E-state index in [2.05, 4.69) is 16.0 Å². The first kappa shape index (κ1) is 29.2. The maximum atomic E-state index is 13.7. The van der Waals surface area contributed by atoms with Crippen molar-refractivity contribution in [2.45, 2.75) is 56.4 Å². The molecule has 0 aliphatic carbocycles. The Hall–Kier alpha value is -3.31. The van der Waals surface area contributed by atoms with E-state index in [9.17, 15) is 18.3 Å². The molecule has 2 aliphatic rings. The Kier molecular flexibility index (Phi) is 8.47. The molecular weight excluding hydrogens is 540 g/mol. The molecule has 3 heterocycles. The number of aromatic nitrogens is 1. The van der Waals surface area contributed by atoms with Gasteiger partial charge in [0.1, 0.15) is 17.5 Å². The summed E-state index contributed by atoms with van der Waals surface area (Å²) in [5.74, 6) is 0.525. The van der Waals surface area contributed by atoms with E-state index in [0.29, 0.717) is 24.4 Å². The quantitative estimate of drug-likeness (QED) is 0.438. The molecule has 0 saturated carbocycles. The van der Waals surface area contributed by atoms with Gasteiger partial charge in [0.15, 0.2) is 0 Å². The minimum atomic E-state index is -3.92. The smallest absolute Gasteiger partial charge is 0.243 e. The van der Waals surface area contributed by atoms with Gasteiger partial charge in [0.2, 0.25) is 15.9 Å². The molecule has 5 rings (SSSR count). The number of carbonyl (C=O) groups is 1. The van der Waals surface area contributed by atoms with Crippen LogP contribution in [0.1, 0.15) is 43.5 Å². The van der Waals surface area contributed by atoms with E-state index in [1.807, 2.05) is 29.3 Å². The van der Waals surface area contributed by atoms with E-state index < -0.39 is 27.8 Å². The summed E-state index contributed by atoms with van der Waals surface area (Å²) < 4.78 is 35.0. The van der Waals surface area contributed by atoms with Gasteiger partial charge in [-0.25, -0.2) is 8.42 Å². The summed E-state index contributed by atoms with van der Waals surface area (Å²) in [6, 6.07) is 16.8. The zero-order chi connectivity index (χ0) is 29.2. The summed E-state index contributed by atoms with van der Waals surface area (Å²) >= 11 is 0. The van der Waals surface area contributed by atoms with Crippen molar-refractivity contribution >= 4 is 15.9 Å². The molecule has 2 aromatic carbocycles. The predicted molar refractivity (Wildman–Crippen MR) is 156 cm³/mol. The minimum Gasteiger partial charge on any atom is -0.485 e. The lowest BCUT2D eigenvalue weighted by atomic mass is 9.85. The third kappa shape index (κ3) is 6.16. The number of sulfonamides is 1. The topological polar surface area (TPSA) is 103 Å². The fraction of sp³-hybridized carbons (Fsp3) is 0.419. The molecular formula is C31H38N4O5S. The van der Waals surface area contributed by atoms with Crippen LogP contribution < -0.4 is 4.74 Å². The Morgan fingerprint density at radius 1 is 1.05 bits per heavy atom. The second kappa shape index (κ2) is 11.9. The highest BCUT2D eigenvalue weighted by atomic mass is 32.2. The van der Waals surface area contributed by atoms with Gasteiger partial charge in [-0.3, -0.25) is 14.7 Å². The number of likely N-dealkylation sites (N-methyl/N-ethyl adjacent to an activating group) is 1. The number of amides is 1. The van der Waals surface area contributed by atoms with Crippen LogP contribution in [0.15, 0.2) is 78.0 Å². The number of hydrogen-bond donors (Lipinski definition) is 1. The van der Waals surface area contributed by atoms with Crippen molar-refractivity contribution in [3.63, 3.8) is 0 Å². The predicted octanol–water partition coefficient (Wildman–Crippen LogP) is 3.25. The molecule has 2 unspecified atom stereocenters. The standard InChI is InChI=1S/C31H38N4O5S/c1-4-35(41(38,39)25-10-6-5-7-11-25)29-26-19-23(12-13-27(26)40-31(2,3)30(29)37)20-28(36)34-17-15-33(16-18-34)22-24-9-8-14-32-21-24/h5-14,19,21,29-30,37H,4,15-18,20,22H2,1-3H3. The van der Waals surface area contributed by atoms with E-state index in [4.69, 9.17) is 4.74 Å². The summed E-state index contributed by atoms with van der Waals surface area (Å²) in [6.45, 7) is 9.07. The summed E-state index contributed by atoms with van der Waals surface area (Å²) in [5.41, 5.74) is 1.44. The number of aliphatic hydroxyl groups is 1. The fourth-order valence-corrected chi connectivity index (χ4v) is 7.31. The zero-order valence-electron chi connectivity index (χ0n) is 23.8. The molecule has 1 fully saturated rings. The van der Waals surface area contributed by atoms with Gasteiger partial charge < -0.3 is 14.7 Å². The van der Waals surface area contributed by atoms with Gasteiger partial charge in [0.05, 0.1) is 17.4 Å². The van der Waals surface area contributed by atoms with Crippen molar-refractivity contribution < 1.29 is 23.1 Å². The van der Waals surface area contributed by atoms with Crippen LogP contribution in [0.4, 0.5) is 0 Å². The van der Waals surface area contributed by atoms with Gasteiger partial charge >= 0.3 is 0 Å². The SMILES string of the molecule is CCN(C1c2cc(CC(=O)N3CCN(Cc4cccnc4)CC3)ccc2OC(C)(C)C1O)S(=O)(=O)c1ccccc1. The maximum absolute atomic E-state index is 13.7. The molecule has 41 heavy (non-hydrogen) atoms. The van der Waals surface area contributed by atoms with E-state index in [1.165, 1.54) is 4.31 Å². The minimum absolute atomic E-state index is 0.0180. The Bertz CT molecular complexity index is 1460. The van der Waals surface area contributed by atoms with Crippen LogP contribution in [0.25, 0.3) is 0 Å². The van der Waals surface area contributed by atoms with Crippen LogP contribution in [0.2, 0.25) is 0 Å². The number of hydrogen-bond acceptors (Lipinski definition) is 7. The van der Waals surface area contributed by atoms with Crippen LogP contribution in [-0.2, 0) is 27.8 Å². The van der Waals surface area contributed by atoms with Gasteiger partial charge in [0, 0.05) is 57.2 Å². The van der Waals surface area contributed by atoms with Gasteiger partial charge in [-0.05, 0) is 55.3 Å². The number of pyridine rings is 1. The van der Waals surface area contributed by atoms with Crippen molar-refractivity contribution in [3.8, 4) is 5.75 Å². The molecule has 9 nitrogen and oxygen atoms in total. The average Bonchev–Trinajstić information content (AvgIpc) is 2.97. The van der Waals surface area contributed by atoms with Crippen LogP contribution in [0.3, 0.4) is 0 Å². The maximum Gasteiger partial charge on any atom is 0.243 e. The highest BCUT2D eigenvalue weighted by Crippen LogP contribution is 2.45.